The van der Waals surface area contributed by atoms with Crippen molar-refractivity contribution in [1.82, 2.24) is 29.2 Å². The number of carbonyl (C=O) groups excluding carboxylic acids is 2. The topological polar surface area (TPSA) is 119 Å². The molecule has 4 aromatic heterocycles. The first kappa shape index (κ1) is 17.6. The maximum absolute atomic E-state index is 11.9. The number of nitrogens with zero attached hydrogens (tertiary/aromatic N) is 6. The van der Waals surface area contributed by atoms with Crippen LogP contribution in [0.15, 0.2) is 46.8 Å². The minimum absolute atomic E-state index is 0.0107. The van der Waals surface area contributed by atoms with Gasteiger partial charge in [0.15, 0.2) is 17.1 Å². The Bertz CT molecular complexity index is 1260. The second kappa shape index (κ2) is 6.85. The number of imidazole rings is 1. The Labute approximate surface area is 168 Å². The molecule has 0 radical (unpaired) electrons. The zero-order chi connectivity index (χ0) is 20.0. The van der Waals surface area contributed by atoms with E-state index in [-0.39, 0.29) is 17.7 Å². The zero-order valence-corrected chi connectivity index (χ0v) is 16.2. The SMILES string of the molecule is CC(=O)Nc1ccn2c(Sc3ccc4nc(NC(=O)C5CC5)cn4n3)nnc2c1. The highest BCUT2D eigenvalue weighted by Crippen LogP contribution is 2.30. The number of pyridine rings is 1. The van der Waals surface area contributed by atoms with Crippen LogP contribution in [0.2, 0.25) is 0 Å². The Morgan fingerprint density at radius 2 is 2.00 bits per heavy atom. The molecule has 0 spiro atoms. The van der Waals surface area contributed by atoms with Gasteiger partial charge in [0.2, 0.25) is 17.0 Å². The fourth-order valence-corrected chi connectivity index (χ4v) is 3.65. The Morgan fingerprint density at radius 1 is 1.14 bits per heavy atom. The van der Waals surface area contributed by atoms with E-state index in [2.05, 4.69) is 30.9 Å². The van der Waals surface area contributed by atoms with Crippen LogP contribution < -0.4 is 10.6 Å². The Kier molecular flexibility index (Phi) is 4.16. The van der Waals surface area contributed by atoms with Gasteiger partial charge in [-0.1, -0.05) is 0 Å². The van der Waals surface area contributed by atoms with Gasteiger partial charge in [0.05, 0.1) is 6.20 Å². The number of nitrogens with one attached hydrogen (secondary N) is 2. The molecule has 4 aromatic rings. The molecular formula is C18H16N8O2S. The summed E-state index contributed by atoms with van der Waals surface area (Å²) in [4.78, 5) is 27.5. The molecule has 11 heteroatoms. The van der Waals surface area contributed by atoms with Gasteiger partial charge in [0.1, 0.15) is 5.03 Å². The van der Waals surface area contributed by atoms with E-state index in [0.29, 0.717) is 33.0 Å². The zero-order valence-electron chi connectivity index (χ0n) is 15.4. The number of fused-ring (bicyclic) bond motifs is 2. The van der Waals surface area contributed by atoms with Crippen molar-refractivity contribution in [1.29, 1.82) is 0 Å². The van der Waals surface area contributed by atoms with Crippen LogP contribution in [-0.4, -0.2) is 41.0 Å². The van der Waals surface area contributed by atoms with Gasteiger partial charge < -0.3 is 10.6 Å². The fourth-order valence-electron chi connectivity index (χ4n) is 2.87. The van der Waals surface area contributed by atoms with Crippen LogP contribution in [0.25, 0.3) is 11.3 Å². The van der Waals surface area contributed by atoms with Crippen molar-refractivity contribution in [3.05, 3.63) is 36.7 Å². The number of carbonyl (C=O) groups is 2. The summed E-state index contributed by atoms with van der Waals surface area (Å²) in [5.74, 6) is 0.479. The standard InChI is InChI=1S/C18H16N8O2S/c1-10(27)19-12-6-7-25-15(8-12)22-23-18(25)29-16-5-4-14-20-13(9-26(14)24-16)21-17(28)11-2-3-11/h4-9,11H,2-3H2,1H3,(H,19,27)(H,21,28). The largest absolute Gasteiger partial charge is 0.326 e. The average Bonchev–Trinajstić information content (AvgIpc) is 3.36. The second-order valence-electron chi connectivity index (χ2n) is 6.77. The van der Waals surface area contributed by atoms with Gasteiger partial charge in [0, 0.05) is 30.8 Å². The fraction of sp³-hybridized carbons (Fsp3) is 0.222. The van der Waals surface area contributed by atoms with Gasteiger partial charge in [-0.15, -0.1) is 10.2 Å². The van der Waals surface area contributed by atoms with Crippen LogP contribution >= 0.6 is 11.8 Å². The molecule has 5 rings (SSSR count). The van der Waals surface area contributed by atoms with E-state index in [4.69, 9.17) is 0 Å². The minimum Gasteiger partial charge on any atom is -0.326 e. The molecule has 0 bridgehead atoms. The van der Waals surface area contributed by atoms with Crippen LogP contribution in [0.1, 0.15) is 19.8 Å². The lowest BCUT2D eigenvalue weighted by atomic mass is 10.4. The van der Waals surface area contributed by atoms with Gasteiger partial charge in [-0.3, -0.25) is 14.0 Å². The van der Waals surface area contributed by atoms with Gasteiger partial charge in [-0.25, -0.2) is 9.50 Å². The molecular weight excluding hydrogens is 392 g/mol. The molecule has 146 valence electrons. The van der Waals surface area contributed by atoms with Crippen LogP contribution in [0.5, 0.6) is 0 Å². The lowest BCUT2D eigenvalue weighted by Gasteiger charge is -2.03. The van der Waals surface area contributed by atoms with Gasteiger partial charge in [0.25, 0.3) is 0 Å². The van der Waals surface area contributed by atoms with Crippen LogP contribution in [-0.2, 0) is 9.59 Å². The lowest BCUT2D eigenvalue weighted by molar-refractivity contribution is -0.117. The third kappa shape index (κ3) is 3.63. The molecule has 29 heavy (non-hydrogen) atoms. The van der Waals surface area contributed by atoms with Crippen molar-refractivity contribution in [3.8, 4) is 0 Å². The van der Waals surface area contributed by atoms with Crippen molar-refractivity contribution in [2.24, 2.45) is 5.92 Å². The summed E-state index contributed by atoms with van der Waals surface area (Å²) in [5.41, 5.74) is 1.92. The van der Waals surface area contributed by atoms with E-state index in [1.807, 2.05) is 16.5 Å². The van der Waals surface area contributed by atoms with Crippen LogP contribution in [0.3, 0.4) is 0 Å². The maximum Gasteiger partial charge on any atom is 0.228 e. The van der Waals surface area contributed by atoms with Crippen molar-refractivity contribution in [2.75, 3.05) is 10.6 Å². The summed E-state index contributed by atoms with van der Waals surface area (Å²) >= 11 is 1.35. The molecule has 1 fully saturated rings. The van der Waals surface area contributed by atoms with Gasteiger partial charge >= 0.3 is 0 Å². The lowest BCUT2D eigenvalue weighted by Crippen LogP contribution is -2.13. The Morgan fingerprint density at radius 3 is 2.79 bits per heavy atom. The molecule has 2 amide bonds. The summed E-state index contributed by atoms with van der Waals surface area (Å²) in [6.07, 6.45) is 5.37. The predicted octanol–water partition coefficient (Wildman–Crippen LogP) is 2.23. The molecule has 0 saturated heterocycles. The van der Waals surface area contributed by atoms with Crippen molar-refractivity contribution < 1.29 is 9.59 Å². The average molecular weight is 408 g/mol. The Balaban J connectivity index is 1.38. The second-order valence-corrected chi connectivity index (χ2v) is 7.76. The van der Waals surface area contributed by atoms with Gasteiger partial charge in [-0.05, 0) is 42.8 Å². The Hall–Kier alpha value is -3.47. The molecule has 0 unspecified atom stereocenters. The van der Waals surface area contributed by atoms with E-state index in [1.54, 1.807) is 29.0 Å². The normalized spacial score (nSPS) is 13.7. The molecule has 0 aromatic carbocycles. The van der Waals surface area contributed by atoms with E-state index in [1.165, 1.54) is 18.7 Å². The monoisotopic (exact) mass is 408 g/mol. The molecule has 1 saturated carbocycles. The molecule has 4 heterocycles. The van der Waals surface area contributed by atoms with Gasteiger partial charge in [-0.2, -0.15) is 5.10 Å². The summed E-state index contributed by atoms with van der Waals surface area (Å²) in [7, 11) is 0. The predicted molar refractivity (Wildman–Crippen MR) is 106 cm³/mol. The smallest absolute Gasteiger partial charge is 0.228 e. The first-order valence-electron chi connectivity index (χ1n) is 9.03. The molecule has 1 aliphatic rings. The van der Waals surface area contributed by atoms with E-state index in [0.717, 1.165) is 12.8 Å². The molecule has 1 aliphatic carbocycles. The van der Waals surface area contributed by atoms with Crippen molar-refractivity contribution in [3.63, 3.8) is 0 Å². The summed E-state index contributed by atoms with van der Waals surface area (Å²) < 4.78 is 3.44. The third-order valence-corrected chi connectivity index (χ3v) is 5.28. The van der Waals surface area contributed by atoms with Crippen LogP contribution in [0.4, 0.5) is 11.5 Å². The quantitative estimate of drug-likeness (QED) is 0.520. The third-order valence-electron chi connectivity index (χ3n) is 4.39. The molecule has 0 aliphatic heterocycles. The number of rotatable bonds is 5. The number of hydrogen-bond acceptors (Lipinski definition) is 7. The molecule has 0 atom stereocenters. The van der Waals surface area contributed by atoms with Crippen LogP contribution in [0, 0.1) is 5.92 Å². The summed E-state index contributed by atoms with van der Waals surface area (Å²) in [6.45, 7) is 1.45. The highest BCUT2D eigenvalue weighted by Gasteiger charge is 2.30. The number of hydrogen-bond donors (Lipinski definition) is 2. The van der Waals surface area contributed by atoms with E-state index >= 15 is 0 Å². The first-order chi connectivity index (χ1) is 14.0. The number of aromatic nitrogens is 6. The molecule has 2 N–H and O–H groups in total. The summed E-state index contributed by atoms with van der Waals surface area (Å²) in [5, 5.41) is 19.8. The van der Waals surface area contributed by atoms with Crippen molar-refractivity contribution >= 4 is 46.4 Å². The summed E-state index contributed by atoms with van der Waals surface area (Å²) in [6, 6.07) is 7.20. The maximum atomic E-state index is 11.9. The number of amides is 2. The minimum atomic E-state index is -0.144. The highest BCUT2D eigenvalue weighted by molar-refractivity contribution is 7.99. The highest BCUT2D eigenvalue weighted by atomic mass is 32.2. The van der Waals surface area contributed by atoms with E-state index in [9.17, 15) is 9.59 Å². The number of anilines is 2. The van der Waals surface area contributed by atoms with Crippen molar-refractivity contribution in [2.45, 2.75) is 29.9 Å². The first-order valence-corrected chi connectivity index (χ1v) is 9.84. The molecule has 10 nitrogen and oxygen atoms in total. The van der Waals surface area contributed by atoms with E-state index < -0.39 is 0 Å².